The van der Waals surface area contributed by atoms with Crippen molar-refractivity contribution in [2.75, 3.05) is 0 Å². The molecule has 1 aromatic carbocycles. The summed E-state index contributed by atoms with van der Waals surface area (Å²) in [6.07, 6.45) is 1.50. The lowest BCUT2D eigenvalue weighted by Gasteiger charge is -2.07. The molecular weight excluding hydrogens is 319 g/mol. The SMILES string of the molecule is NC(=S)c1ccnc(Oc2cc(Br)ccc2F)c1. The van der Waals surface area contributed by atoms with Crippen LogP contribution >= 0.6 is 28.1 Å². The number of pyridine rings is 1. The lowest BCUT2D eigenvalue weighted by Crippen LogP contribution is -2.09. The topological polar surface area (TPSA) is 48.1 Å². The minimum absolute atomic E-state index is 0.0805. The number of nitrogens with zero attached hydrogens (tertiary/aromatic N) is 1. The summed E-state index contributed by atoms with van der Waals surface area (Å²) in [6, 6.07) is 7.62. The van der Waals surface area contributed by atoms with Crippen LogP contribution in [-0.2, 0) is 0 Å². The molecule has 0 fully saturated rings. The Bertz CT molecular complexity index is 606. The zero-order chi connectivity index (χ0) is 13.1. The molecule has 0 saturated heterocycles. The van der Waals surface area contributed by atoms with Gasteiger partial charge >= 0.3 is 0 Å². The first-order valence-corrected chi connectivity index (χ1v) is 6.15. The van der Waals surface area contributed by atoms with E-state index in [4.69, 9.17) is 22.7 Å². The summed E-state index contributed by atoms with van der Waals surface area (Å²) in [7, 11) is 0. The second-order valence-electron chi connectivity index (χ2n) is 3.42. The smallest absolute Gasteiger partial charge is 0.220 e. The van der Waals surface area contributed by atoms with E-state index in [0.29, 0.717) is 10.0 Å². The van der Waals surface area contributed by atoms with Crippen LogP contribution in [0.15, 0.2) is 41.0 Å². The zero-order valence-corrected chi connectivity index (χ0v) is 11.5. The van der Waals surface area contributed by atoms with E-state index in [9.17, 15) is 4.39 Å². The molecule has 3 nitrogen and oxygen atoms in total. The van der Waals surface area contributed by atoms with Gasteiger partial charge in [0.1, 0.15) is 4.99 Å². The van der Waals surface area contributed by atoms with E-state index >= 15 is 0 Å². The van der Waals surface area contributed by atoms with Gasteiger partial charge in [0.25, 0.3) is 0 Å². The predicted octanol–water partition coefficient (Wildman–Crippen LogP) is 3.41. The Morgan fingerprint density at radius 1 is 1.33 bits per heavy atom. The molecule has 0 bridgehead atoms. The standard InChI is InChI=1S/C12H8BrFN2OS/c13-8-1-2-9(14)10(6-8)17-11-5-7(12(15)18)3-4-16-11/h1-6H,(H2,15,18). The minimum Gasteiger partial charge on any atom is -0.436 e. The van der Waals surface area contributed by atoms with Gasteiger partial charge in [-0.15, -0.1) is 0 Å². The van der Waals surface area contributed by atoms with Crippen LogP contribution in [-0.4, -0.2) is 9.97 Å². The van der Waals surface area contributed by atoms with Crippen molar-refractivity contribution in [3.05, 3.63) is 52.4 Å². The van der Waals surface area contributed by atoms with Crippen molar-refractivity contribution in [1.82, 2.24) is 4.98 Å². The number of thiocarbonyl (C=S) groups is 1. The Labute approximate surface area is 117 Å². The van der Waals surface area contributed by atoms with Crippen LogP contribution < -0.4 is 10.5 Å². The molecular formula is C12H8BrFN2OS. The molecule has 0 aliphatic rings. The van der Waals surface area contributed by atoms with E-state index < -0.39 is 5.82 Å². The Morgan fingerprint density at radius 2 is 2.11 bits per heavy atom. The molecule has 0 spiro atoms. The highest BCUT2D eigenvalue weighted by Gasteiger charge is 2.07. The highest BCUT2D eigenvalue weighted by atomic mass is 79.9. The van der Waals surface area contributed by atoms with Crippen LogP contribution in [0.25, 0.3) is 0 Å². The maximum atomic E-state index is 13.5. The minimum atomic E-state index is -0.472. The highest BCUT2D eigenvalue weighted by molar-refractivity contribution is 9.10. The molecule has 18 heavy (non-hydrogen) atoms. The average Bonchev–Trinajstić information content (AvgIpc) is 2.34. The normalized spacial score (nSPS) is 10.1. The maximum Gasteiger partial charge on any atom is 0.220 e. The fourth-order valence-electron chi connectivity index (χ4n) is 1.29. The molecule has 2 aromatic rings. The molecule has 0 aliphatic carbocycles. The molecule has 1 aromatic heterocycles. The van der Waals surface area contributed by atoms with Crippen molar-refractivity contribution in [2.45, 2.75) is 0 Å². The molecule has 1 heterocycles. The Morgan fingerprint density at radius 3 is 2.83 bits per heavy atom. The largest absolute Gasteiger partial charge is 0.436 e. The molecule has 6 heteroatoms. The first-order valence-electron chi connectivity index (χ1n) is 4.95. The Kier molecular flexibility index (Phi) is 3.88. The van der Waals surface area contributed by atoms with Gasteiger partial charge in [0.15, 0.2) is 11.6 Å². The maximum absolute atomic E-state index is 13.5. The van der Waals surface area contributed by atoms with E-state index in [1.807, 2.05) is 0 Å². The number of halogens is 2. The van der Waals surface area contributed by atoms with Crippen molar-refractivity contribution in [1.29, 1.82) is 0 Å². The third kappa shape index (κ3) is 3.02. The van der Waals surface area contributed by atoms with Crippen LogP contribution in [0.5, 0.6) is 11.6 Å². The molecule has 2 N–H and O–H groups in total. The molecule has 0 atom stereocenters. The first kappa shape index (κ1) is 12.9. The number of aromatic nitrogens is 1. The third-order valence-corrected chi connectivity index (χ3v) is 2.86. The molecule has 0 amide bonds. The fourth-order valence-corrected chi connectivity index (χ4v) is 1.75. The Hall–Kier alpha value is -1.53. The van der Waals surface area contributed by atoms with Gasteiger partial charge in [0.05, 0.1) is 0 Å². The average molecular weight is 327 g/mol. The molecule has 0 radical (unpaired) electrons. The van der Waals surface area contributed by atoms with Crippen LogP contribution in [0.2, 0.25) is 0 Å². The van der Waals surface area contributed by atoms with Gasteiger partial charge in [0, 0.05) is 22.3 Å². The van der Waals surface area contributed by atoms with Crippen molar-refractivity contribution < 1.29 is 9.13 Å². The second kappa shape index (κ2) is 5.41. The molecule has 92 valence electrons. The van der Waals surface area contributed by atoms with Crippen molar-refractivity contribution >= 4 is 33.1 Å². The highest BCUT2D eigenvalue weighted by Crippen LogP contribution is 2.26. The number of ether oxygens (including phenoxy) is 1. The molecule has 0 unspecified atom stereocenters. The van der Waals surface area contributed by atoms with Crippen molar-refractivity contribution in [3.63, 3.8) is 0 Å². The van der Waals surface area contributed by atoms with E-state index in [-0.39, 0.29) is 16.6 Å². The van der Waals surface area contributed by atoms with E-state index in [2.05, 4.69) is 20.9 Å². The number of hydrogen-bond acceptors (Lipinski definition) is 3. The summed E-state index contributed by atoms with van der Waals surface area (Å²) in [5, 5.41) is 0. The molecule has 0 aliphatic heterocycles. The summed E-state index contributed by atoms with van der Waals surface area (Å²) in [5.74, 6) is -0.157. The van der Waals surface area contributed by atoms with Crippen LogP contribution in [0.4, 0.5) is 4.39 Å². The van der Waals surface area contributed by atoms with Gasteiger partial charge in [-0.2, -0.15) is 0 Å². The summed E-state index contributed by atoms with van der Waals surface area (Å²) in [6.45, 7) is 0. The zero-order valence-electron chi connectivity index (χ0n) is 9.06. The number of benzene rings is 1. The quantitative estimate of drug-likeness (QED) is 0.878. The number of nitrogens with two attached hydrogens (primary N) is 1. The van der Waals surface area contributed by atoms with Gasteiger partial charge in [-0.1, -0.05) is 28.1 Å². The lowest BCUT2D eigenvalue weighted by molar-refractivity contribution is 0.427. The van der Waals surface area contributed by atoms with Gasteiger partial charge in [-0.05, 0) is 24.3 Å². The van der Waals surface area contributed by atoms with Crippen LogP contribution in [0.1, 0.15) is 5.56 Å². The first-order chi connectivity index (χ1) is 8.56. The van der Waals surface area contributed by atoms with Gasteiger partial charge in [-0.25, -0.2) is 9.37 Å². The van der Waals surface area contributed by atoms with Gasteiger partial charge in [0.2, 0.25) is 5.88 Å². The van der Waals surface area contributed by atoms with Crippen molar-refractivity contribution in [2.24, 2.45) is 5.73 Å². The van der Waals surface area contributed by atoms with E-state index in [1.165, 1.54) is 18.3 Å². The molecule has 0 saturated carbocycles. The summed E-state index contributed by atoms with van der Waals surface area (Å²) in [5.41, 5.74) is 6.11. The monoisotopic (exact) mass is 326 g/mol. The second-order valence-corrected chi connectivity index (χ2v) is 4.78. The predicted molar refractivity (Wildman–Crippen MR) is 74.3 cm³/mol. The lowest BCUT2D eigenvalue weighted by atomic mass is 10.3. The summed E-state index contributed by atoms with van der Waals surface area (Å²) >= 11 is 8.09. The van der Waals surface area contributed by atoms with Crippen molar-refractivity contribution in [3.8, 4) is 11.6 Å². The number of rotatable bonds is 3. The van der Waals surface area contributed by atoms with Crippen LogP contribution in [0, 0.1) is 5.82 Å². The van der Waals surface area contributed by atoms with Crippen LogP contribution in [0.3, 0.4) is 0 Å². The summed E-state index contributed by atoms with van der Waals surface area (Å²) < 4.78 is 19.6. The Balaban J connectivity index is 2.31. The molecule has 2 rings (SSSR count). The van der Waals surface area contributed by atoms with E-state index in [0.717, 1.165) is 0 Å². The number of hydrogen-bond donors (Lipinski definition) is 1. The third-order valence-electron chi connectivity index (χ3n) is 2.13. The van der Waals surface area contributed by atoms with E-state index in [1.54, 1.807) is 18.2 Å². The fraction of sp³-hybridized carbons (Fsp3) is 0. The van der Waals surface area contributed by atoms with Gasteiger partial charge < -0.3 is 10.5 Å². The summed E-state index contributed by atoms with van der Waals surface area (Å²) in [4.78, 5) is 4.20. The van der Waals surface area contributed by atoms with Gasteiger partial charge in [-0.3, -0.25) is 0 Å².